The number of aryl methyl sites for hydroxylation is 2. The first kappa shape index (κ1) is 9.27. The van der Waals surface area contributed by atoms with Crippen LogP contribution >= 0.6 is 0 Å². The van der Waals surface area contributed by atoms with E-state index in [-0.39, 0.29) is 6.61 Å². The molecule has 12 heavy (non-hydrogen) atoms. The maximum atomic E-state index is 8.65. The lowest BCUT2D eigenvalue weighted by Crippen LogP contribution is -1.90. The van der Waals surface area contributed by atoms with Gasteiger partial charge >= 0.3 is 0 Å². The maximum absolute atomic E-state index is 8.65. The van der Waals surface area contributed by atoms with Gasteiger partial charge in [-0.25, -0.2) is 0 Å². The summed E-state index contributed by atoms with van der Waals surface area (Å²) in [5.41, 5.74) is 2.72. The molecule has 1 rings (SSSR count). The van der Waals surface area contributed by atoms with Gasteiger partial charge in [-0.1, -0.05) is 31.2 Å². The predicted octanol–water partition coefficient (Wildman–Crippen LogP) is 2.17. The molecule has 0 aliphatic carbocycles. The van der Waals surface area contributed by atoms with Crippen molar-refractivity contribution in [1.82, 2.24) is 0 Å². The molecule has 0 heterocycles. The average molecular weight is 164 g/mol. The molecule has 0 aliphatic heterocycles. The van der Waals surface area contributed by atoms with E-state index >= 15 is 0 Å². The zero-order valence-corrected chi connectivity index (χ0v) is 7.59. The highest BCUT2D eigenvalue weighted by Gasteiger charge is 1.93. The average Bonchev–Trinajstić information content (AvgIpc) is 2.15. The van der Waals surface area contributed by atoms with Crippen molar-refractivity contribution in [3.8, 4) is 0 Å². The van der Waals surface area contributed by atoms with Crippen LogP contribution in [-0.2, 0) is 12.8 Å². The van der Waals surface area contributed by atoms with Crippen molar-refractivity contribution < 1.29 is 5.11 Å². The van der Waals surface area contributed by atoms with Crippen LogP contribution in [0.15, 0.2) is 24.3 Å². The summed E-state index contributed by atoms with van der Waals surface area (Å²) in [7, 11) is 0. The fraction of sp³-hybridized carbons (Fsp3) is 0.455. The van der Waals surface area contributed by atoms with E-state index in [1.807, 2.05) is 0 Å². The van der Waals surface area contributed by atoms with Crippen molar-refractivity contribution in [2.45, 2.75) is 26.2 Å². The lowest BCUT2D eigenvalue weighted by molar-refractivity contribution is 0.288. The minimum absolute atomic E-state index is 0.288. The van der Waals surface area contributed by atoms with Crippen LogP contribution in [0.1, 0.15) is 24.5 Å². The second-order valence-corrected chi connectivity index (χ2v) is 3.00. The molecule has 1 aromatic rings. The molecule has 1 heteroatoms. The van der Waals surface area contributed by atoms with E-state index in [4.69, 9.17) is 5.11 Å². The van der Waals surface area contributed by atoms with Gasteiger partial charge in [0.25, 0.3) is 0 Å². The summed E-state index contributed by atoms with van der Waals surface area (Å²) in [4.78, 5) is 0. The van der Waals surface area contributed by atoms with Gasteiger partial charge in [0.1, 0.15) is 0 Å². The highest BCUT2D eigenvalue weighted by atomic mass is 16.2. The molecule has 0 amide bonds. The number of aliphatic hydroxyl groups is 1. The van der Waals surface area contributed by atoms with E-state index in [1.54, 1.807) is 0 Å². The number of hydrogen-bond donors (Lipinski definition) is 1. The van der Waals surface area contributed by atoms with Gasteiger partial charge in [-0.3, -0.25) is 0 Å². The topological polar surface area (TPSA) is 20.2 Å². The Labute approximate surface area is 74.1 Å². The Morgan fingerprint density at radius 3 is 2.67 bits per heavy atom. The second-order valence-electron chi connectivity index (χ2n) is 3.00. The zero-order valence-electron chi connectivity index (χ0n) is 7.59. The molecule has 0 aliphatic rings. The fourth-order valence-electron chi connectivity index (χ4n) is 1.29. The Kier molecular flexibility index (Phi) is 3.81. The highest BCUT2D eigenvalue weighted by Crippen LogP contribution is 2.07. The Balaban J connectivity index is 2.60. The van der Waals surface area contributed by atoms with E-state index in [9.17, 15) is 0 Å². The van der Waals surface area contributed by atoms with Crippen LogP contribution in [0.5, 0.6) is 0 Å². The third-order valence-corrected chi connectivity index (χ3v) is 2.02. The molecular weight excluding hydrogens is 148 g/mol. The van der Waals surface area contributed by atoms with Crippen LogP contribution in [0.3, 0.4) is 0 Å². The van der Waals surface area contributed by atoms with Crippen molar-refractivity contribution in [2.75, 3.05) is 6.61 Å². The van der Waals surface area contributed by atoms with E-state index in [0.717, 1.165) is 19.3 Å². The third-order valence-electron chi connectivity index (χ3n) is 2.02. The smallest absolute Gasteiger partial charge is 0.0434 e. The molecule has 66 valence electrons. The zero-order chi connectivity index (χ0) is 8.81. The first-order valence-electron chi connectivity index (χ1n) is 4.55. The summed E-state index contributed by atoms with van der Waals surface area (Å²) in [6, 6.07) is 8.57. The SMILES string of the molecule is CCc1cccc(CCCO)c1. The van der Waals surface area contributed by atoms with Crippen LogP contribution in [0, 0.1) is 0 Å². The Morgan fingerprint density at radius 1 is 1.25 bits per heavy atom. The van der Waals surface area contributed by atoms with Gasteiger partial charge < -0.3 is 5.11 Å². The van der Waals surface area contributed by atoms with Gasteiger partial charge in [-0.2, -0.15) is 0 Å². The maximum Gasteiger partial charge on any atom is 0.0434 e. The molecule has 0 saturated heterocycles. The Morgan fingerprint density at radius 2 is 2.00 bits per heavy atom. The minimum Gasteiger partial charge on any atom is -0.396 e. The largest absolute Gasteiger partial charge is 0.396 e. The van der Waals surface area contributed by atoms with E-state index in [0.29, 0.717) is 0 Å². The summed E-state index contributed by atoms with van der Waals surface area (Å²) < 4.78 is 0. The van der Waals surface area contributed by atoms with E-state index in [1.165, 1.54) is 11.1 Å². The molecule has 0 aromatic heterocycles. The number of aliphatic hydroxyl groups excluding tert-OH is 1. The number of benzene rings is 1. The standard InChI is InChI=1S/C11H16O/c1-2-10-5-3-6-11(9-10)7-4-8-12/h3,5-6,9,12H,2,4,7-8H2,1H3. The van der Waals surface area contributed by atoms with Crippen molar-refractivity contribution >= 4 is 0 Å². The van der Waals surface area contributed by atoms with Gasteiger partial charge in [-0.15, -0.1) is 0 Å². The summed E-state index contributed by atoms with van der Waals surface area (Å²) in [6.45, 7) is 2.45. The van der Waals surface area contributed by atoms with Gasteiger partial charge in [0.2, 0.25) is 0 Å². The molecule has 0 unspecified atom stereocenters. The summed E-state index contributed by atoms with van der Waals surface area (Å²) in [5.74, 6) is 0. The third kappa shape index (κ3) is 2.67. The van der Waals surface area contributed by atoms with Crippen molar-refractivity contribution in [1.29, 1.82) is 0 Å². The lowest BCUT2D eigenvalue weighted by atomic mass is 10.1. The van der Waals surface area contributed by atoms with Gasteiger partial charge in [0.15, 0.2) is 0 Å². The summed E-state index contributed by atoms with van der Waals surface area (Å²) in [6.07, 6.45) is 2.95. The molecule has 1 aromatic carbocycles. The van der Waals surface area contributed by atoms with Gasteiger partial charge in [0.05, 0.1) is 0 Å². The molecular formula is C11H16O. The summed E-state index contributed by atoms with van der Waals surface area (Å²) >= 11 is 0. The number of rotatable bonds is 4. The molecule has 1 nitrogen and oxygen atoms in total. The minimum atomic E-state index is 0.288. The predicted molar refractivity (Wildman–Crippen MR) is 51.2 cm³/mol. The van der Waals surface area contributed by atoms with Crippen molar-refractivity contribution in [3.63, 3.8) is 0 Å². The van der Waals surface area contributed by atoms with Crippen LogP contribution < -0.4 is 0 Å². The number of hydrogen-bond acceptors (Lipinski definition) is 1. The molecule has 0 radical (unpaired) electrons. The van der Waals surface area contributed by atoms with Crippen LogP contribution in [-0.4, -0.2) is 11.7 Å². The molecule has 1 N–H and O–H groups in total. The van der Waals surface area contributed by atoms with Crippen LogP contribution in [0.4, 0.5) is 0 Å². The van der Waals surface area contributed by atoms with Gasteiger partial charge in [0, 0.05) is 6.61 Å². The van der Waals surface area contributed by atoms with Crippen LogP contribution in [0.2, 0.25) is 0 Å². The van der Waals surface area contributed by atoms with Crippen molar-refractivity contribution in [2.24, 2.45) is 0 Å². The molecule has 0 atom stereocenters. The Hall–Kier alpha value is -0.820. The first-order chi connectivity index (χ1) is 5.86. The van der Waals surface area contributed by atoms with E-state index in [2.05, 4.69) is 31.2 Å². The highest BCUT2D eigenvalue weighted by molar-refractivity contribution is 5.23. The first-order valence-corrected chi connectivity index (χ1v) is 4.55. The second kappa shape index (κ2) is 4.94. The summed E-state index contributed by atoms with van der Waals surface area (Å²) in [5, 5.41) is 8.65. The van der Waals surface area contributed by atoms with Crippen molar-refractivity contribution in [3.05, 3.63) is 35.4 Å². The monoisotopic (exact) mass is 164 g/mol. The normalized spacial score (nSPS) is 10.2. The molecule has 0 fully saturated rings. The van der Waals surface area contributed by atoms with E-state index < -0.39 is 0 Å². The van der Waals surface area contributed by atoms with Crippen LogP contribution in [0.25, 0.3) is 0 Å². The molecule has 0 saturated carbocycles. The molecule has 0 bridgehead atoms. The van der Waals surface area contributed by atoms with Gasteiger partial charge in [-0.05, 0) is 30.4 Å². The molecule has 0 spiro atoms. The quantitative estimate of drug-likeness (QED) is 0.723. The fourth-order valence-corrected chi connectivity index (χ4v) is 1.29. The lowest BCUT2D eigenvalue weighted by Gasteiger charge is -2.01. The Bertz CT molecular complexity index is 230.